The van der Waals surface area contributed by atoms with Gasteiger partial charge < -0.3 is 14.8 Å². The van der Waals surface area contributed by atoms with Gasteiger partial charge in [-0.3, -0.25) is 14.5 Å². The summed E-state index contributed by atoms with van der Waals surface area (Å²) in [6.07, 6.45) is 0.676. The summed E-state index contributed by atoms with van der Waals surface area (Å²) >= 11 is 7.76. The first-order valence-electron chi connectivity index (χ1n) is 13.7. The molecule has 4 aromatic rings. The molecule has 0 aliphatic carbocycles. The lowest BCUT2D eigenvalue weighted by atomic mass is 9.99. The molecule has 1 aliphatic rings. The number of ether oxygens (including phenoxy) is 2. The highest BCUT2D eigenvalue weighted by Gasteiger charge is 2.38. The predicted octanol–water partition coefficient (Wildman–Crippen LogP) is 5.83. The van der Waals surface area contributed by atoms with Gasteiger partial charge in [-0.25, -0.2) is 4.68 Å². The fraction of sp³-hybridized carbons (Fsp3) is 0.281. The topological polar surface area (TPSA) is 85.7 Å². The van der Waals surface area contributed by atoms with E-state index < -0.39 is 0 Å². The minimum atomic E-state index is -0.306. The number of hydrogen-bond acceptors (Lipinski definition) is 6. The maximum Gasteiger partial charge on any atom is 0.240 e. The third kappa shape index (κ3) is 6.33. The molecular weight excluding hydrogens is 572 g/mol. The summed E-state index contributed by atoms with van der Waals surface area (Å²) in [7, 11) is 3.27. The molecule has 1 atom stereocenters. The van der Waals surface area contributed by atoms with E-state index in [9.17, 15) is 9.59 Å². The molecule has 2 heterocycles. The Morgan fingerprint density at radius 1 is 1.07 bits per heavy atom. The molecule has 2 amide bonds. The van der Waals surface area contributed by atoms with E-state index in [2.05, 4.69) is 5.32 Å². The van der Waals surface area contributed by atoms with Crippen LogP contribution in [-0.4, -0.2) is 61.3 Å². The molecule has 1 aromatic heterocycles. The average Bonchev–Trinajstić information content (AvgIpc) is 3.32. The molecule has 8 nitrogen and oxygen atoms in total. The van der Waals surface area contributed by atoms with Crippen LogP contribution in [0.4, 0.5) is 5.82 Å². The fourth-order valence-electron chi connectivity index (χ4n) is 4.98. The van der Waals surface area contributed by atoms with Crippen molar-refractivity contribution >= 4 is 41.0 Å². The van der Waals surface area contributed by atoms with E-state index in [1.54, 1.807) is 23.8 Å². The van der Waals surface area contributed by atoms with Gasteiger partial charge in [0.05, 0.1) is 29.5 Å². The Bertz CT molecular complexity index is 1560. The zero-order valence-corrected chi connectivity index (χ0v) is 25.4. The smallest absolute Gasteiger partial charge is 0.240 e. The summed E-state index contributed by atoms with van der Waals surface area (Å²) in [6.45, 7) is 2.86. The third-order valence-corrected chi connectivity index (χ3v) is 8.54. The van der Waals surface area contributed by atoms with Gasteiger partial charge in [-0.05, 0) is 43.7 Å². The van der Waals surface area contributed by atoms with Gasteiger partial charge in [0, 0.05) is 42.0 Å². The Morgan fingerprint density at radius 3 is 2.52 bits per heavy atom. The number of halogens is 1. The van der Waals surface area contributed by atoms with E-state index in [1.807, 2.05) is 79.7 Å². The molecule has 0 saturated heterocycles. The fourth-order valence-corrected chi connectivity index (χ4v) is 6.33. The number of anilines is 1. The van der Waals surface area contributed by atoms with E-state index in [1.165, 1.54) is 11.8 Å². The average molecular weight is 605 g/mol. The van der Waals surface area contributed by atoms with E-state index in [0.29, 0.717) is 41.9 Å². The number of nitrogens with zero attached hydrogens (tertiary/aromatic N) is 3. The van der Waals surface area contributed by atoms with Crippen LogP contribution in [0.1, 0.15) is 28.4 Å². The highest BCUT2D eigenvalue weighted by atomic mass is 35.5. The van der Waals surface area contributed by atoms with Crippen molar-refractivity contribution in [3.05, 3.63) is 94.5 Å². The highest BCUT2D eigenvalue weighted by Crippen LogP contribution is 2.50. The zero-order chi connectivity index (χ0) is 29.6. The number of aryl methyl sites for hydroxylation is 1. The first-order chi connectivity index (χ1) is 20.4. The van der Waals surface area contributed by atoms with Crippen molar-refractivity contribution in [1.29, 1.82) is 0 Å². The van der Waals surface area contributed by atoms with Crippen molar-refractivity contribution in [2.75, 3.05) is 44.6 Å². The van der Waals surface area contributed by atoms with Crippen LogP contribution in [0.25, 0.3) is 16.9 Å². The number of para-hydroxylation sites is 1. The number of nitrogens with one attached hydrogen (secondary N) is 1. The van der Waals surface area contributed by atoms with Crippen LogP contribution in [0.15, 0.2) is 72.8 Å². The second kappa shape index (κ2) is 13.5. The number of fused-ring (bicyclic) bond motifs is 1. The number of hydrogen-bond donors (Lipinski definition) is 1. The lowest BCUT2D eigenvalue weighted by molar-refractivity contribution is -0.122. The van der Waals surface area contributed by atoms with Gasteiger partial charge in [0.15, 0.2) is 0 Å². The Balaban J connectivity index is 1.74. The summed E-state index contributed by atoms with van der Waals surface area (Å²) in [4.78, 5) is 28.6. The van der Waals surface area contributed by atoms with E-state index >= 15 is 0 Å². The number of carbonyl (C=O) groups excluding carboxylic acids is 2. The minimum absolute atomic E-state index is 0.143. The van der Waals surface area contributed by atoms with Crippen LogP contribution in [0.5, 0.6) is 5.75 Å². The molecule has 0 fully saturated rings. The Kier molecular flexibility index (Phi) is 9.51. The molecule has 1 N–H and O–H groups in total. The van der Waals surface area contributed by atoms with Gasteiger partial charge in [-0.1, -0.05) is 59.6 Å². The van der Waals surface area contributed by atoms with Crippen LogP contribution in [-0.2, 0) is 14.3 Å². The van der Waals surface area contributed by atoms with Crippen molar-refractivity contribution in [2.45, 2.75) is 18.6 Å². The van der Waals surface area contributed by atoms with Crippen LogP contribution in [0.2, 0.25) is 5.02 Å². The van der Waals surface area contributed by atoms with Gasteiger partial charge in [0.2, 0.25) is 11.8 Å². The lowest BCUT2D eigenvalue weighted by Crippen LogP contribution is -2.42. The third-order valence-electron chi connectivity index (χ3n) is 7.06. The van der Waals surface area contributed by atoms with Gasteiger partial charge in [0.1, 0.15) is 18.1 Å². The molecular formula is C32H33ClN4O4S. The number of carbonyl (C=O) groups is 2. The second-order valence-electron chi connectivity index (χ2n) is 9.95. The summed E-state index contributed by atoms with van der Waals surface area (Å²) in [6, 6.07) is 23.3. The van der Waals surface area contributed by atoms with Crippen LogP contribution in [0.3, 0.4) is 0 Å². The monoisotopic (exact) mass is 604 g/mol. The van der Waals surface area contributed by atoms with E-state index in [-0.39, 0.29) is 29.4 Å². The molecule has 0 bridgehead atoms. The number of thioether (sulfide) groups is 1. The largest absolute Gasteiger partial charge is 0.496 e. The summed E-state index contributed by atoms with van der Waals surface area (Å²) in [5.41, 5.74) is 5.17. The minimum Gasteiger partial charge on any atom is -0.496 e. The SMILES string of the molecule is COCCCNC(=O)CN1C(=O)CSC(c2ccccc2OC)c2c(-c3ccc(Cl)cc3)nn(-c3ccc(C)cc3)c21. The van der Waals surface area contributed by atoms with Crippen molar-refractivity contribution in [2.24, 2.45) is 0 Å². The second-order valence-corrected chi connectivity index (χ2v) is 11.5. The predicted molar refractivity (Wildman–Crippen MR) is 168 cm³/mol. The Morgan fingerprint density at radius 2 is 1.81 bits per heavy atom. The van der Waals surface area contributed by atoms with Gasteiger partial charge >= 0.3 is 0 Å². The Hall–Kier alpha value is -3.79. The molecule has 42 heavy (non-hydrogen) atoms. The number of methoxy groups -OCH3 is 2. The van der Waals surface area contributed by atoms with Crippen molar-refractivity contribution < 1.29 is 19.1 Å². The summed E-state index contributed by atoms with van der Waals surface area (Å²) in [5, 5.41) is 8.35. The van der Waals surface area contributed by atoms with Crippen molar-refractivity contribution in [3.8, 4) is 22.7 Å². The number of aromatic nitrogens is 2. The molecule has 218 valence electrons. The van der Waals surface area contributed by atoms with Crippen LogP contribution >= 0.6 is 23.4 Å². The molecule has 5 rings (SSSR count). The normalized spacial score (nSPS) is 14.8. The first kappa shape index (κ1) is 29.7. The number of benzene rings is 3. The molecule has 1 aliphatic heterocycles. The molecule has 1 unspecified atom stereocenters. The summed E-state index contributed by atoms with van der Waals surface area (Å²) in [5.74, 6) is 1.00. The molecule has 10 heteroatoms. The Labute approximate surface area is 255 Å². The standard InChI is InChI=1S/C32H33ClN4O4S/c1-21-9-15-24(16-10-21)37-32-29(30(35-37)22-11-13-23(33)14-12-22)31(25-7-4-5-8-26(25)41-3)42-20-28(39)36(32)19-27(38)34-17-6-18-40-2/h4-5,7-16,31H,6,17-20H2,1-3H3,(H,34,38). The maximum atomic E-state index is 13.9. The molecule has 0 spiro atoms. The lowest BCUT2D eigenvalue weighted by Gasteiger charge is -2.23. The van der Waals surface area contributed by atoms with Gasteiger partial charge in [-0.15, -0.1) is 11.8 Å². The zero-order valence-electron chi connectivity index (χ0n) is 23.8. The maximum absolute atomic E-state index is 13.9. The highest BCUT2D eigenvalue weighted by molar-refractivity contribution is 8.00. The van der Waals surface area contributed by atoms with Crippen LogP contribution in [0, 0.1) is 6.92 Å². The molecule has 3 aromatic carbocycles. The first-order valence-corrected chi connectivity index (χ1v) is 15.1. The van der Waals surface area contributed by atoms with E-state index in [4.69, 9.17) is 26.2 Å². The summed E-state index contributed by atoms with van der Waals surface area (Å²) < 4.78 is 12.7. The van der Waals surface area contributed by atoms with Gasteiger partial charge in [-0.2, -0.15) is 5.10 Å². The quantitative estimate of drug-likeness (QED) is 0.229. The number of rotatable bonds is 10. The van der Waals surface area contributed by atoms with Gasteiger partial charge in [0.25, 0.3) is 0 Å². The van der Waals surface area contributed by atoms with Crippen molar-refractivity contribution in [3.63, 3.8) is 0 Å². The van der Waals surface area contributed by atoms with Crippen LogP contribution < -0.4 is 15.0 Å². The number of amides is 2. The van der Waals surface area contributed by atoms with Crippen molar-refractivity contribution in [1.82, 2.24) is 15.1 Å². The van der Waals surface area contributed by atoms with E-state index in [0.717, 1.165) is 27.9 Å². The molecule has 0 saturated carbocycles. The molecule has 0 radical (unpaired) electrons.